The molecule has 47 heavy (non-hydrogen) atoms. The van der Waals surface area contributed by atoms with Crippen molar-refractivity contribution in [3.05, 3.63) is 64.2 Å². The Balaban J connectivity index is 1.29. The molecule has 0 aliphatic carbocycles. The lowest BCUT2D eigenvalue weighted by atomic mass is 9.93. The molecule has 2 bridgehead atoms. The number of aromatic hydroxyl groups is 1. The van der Waals surface area contributed by atoms with Crippen LogP contribution >= 0.6 is 11.6 Å². The quantitative estimate of drug-likeness (QED) is 0.180. The van der Waals surface area contributed by atoms with Crippen molar-refractivity contribution in [1.29, 1.82) is 0 Å². The molecule has 0 saturated carbocycles. The van der Waals surface area contributed by atoms with Gasteiger partial charge in [0.05, 0.1) is 16.1 Å². The van der Waals surface area contributed by atoms with Gasteiger partial charge in [-0.25, -0.2) is 8.78 Å². The highest BCUT2D eigenvalue weighted by atomic mass is 35.5. The van der Waals surface area contributed by atoms with E-state index in [1.807, 2.05) is 4.90 Å². The topological polar surface area (TPSA) is 73.8 Å². The van der Waals surface area contributed by atoms with E-state index in [1.54, 1.807) is 6.07 Å². The van der Waals surface area contributed by atoms with Crippen LogP contribution in [0, 0.1) is 24.0 Å². The number of anilines is 1. The van der Waals surface area contributed by atoms with Crippen molar-refractivity contribution in [1.82, 2.24) is 20.2 Å². The molecule has 4 aliphatic heterocycles. The molecule has 0 amide bonds. The zero-order valence-corrected chi connectivity index (χ0v) is 26.0. The first kappa shape index (κ1) is 30.2. The smallest absolute Gasteiger partial charge is 0.319 e. The number of fused-ring (bicyclic) bond motifs is 5. The van der Waals surface area contributed by atoms with E-state index in [0.717, 1.165) is 19.3 Å². The summed E-state index contributed by atoms with van der Waals surface area (Å²) >= 11 is 6.84. The molecule has 0 spiro atoms. The highest BCUT2D eigenvalue weighted by Crippen LogP contribution is 2.45. The van der Waals surface area contributed by atoms with E-state index in [1.165, 1.54) is 24.3 Å². The van der Waals surface area contributed by atoms with Crippen LogP contribution in [0.5, 0.6) is 11.8 Å². The predicted molar refractivity (Wildman–Crippen MR) is 172 cm³/mol. The van der Waals surface area contributed by atoms with Crippen LogP contribution in [0.1, 0.15) is 37.7 Å². The Morgan fingerprint density at radius 2 is 1.94 bits per heavy atom. The Bertz CT molecular complexity index is 2040. The first-order valence-electron chi connectivity index (χ1n) is 15.7. The van der Waals surface area contributed by atoms with Crippen molar-refractivity contribution in [2.45, 2.75) is 49.7 Å². The summed E-state index contributed by atoms with van der Waals surface area (Å²) in [6, 6.07) is 7.35. The summed E-state index contributed by atoms with van der Waals surface area (Å²) in [4.78, 5) is 13.4. The number of nitrogens with one attached hydrogen (secondary N) is 1. The second-order valence-corrected chi connectivity index (χ2v) is 13.5. The Labute approximate surface area is 273 Å². The highest BCUT2D eigenvalue weighted by Gasteiger charge is 2.48. The van der Waals surface area contributed by atoms with E-state index in [4.69, 9.17) is 27.7 Å². The molecule has 4 fully saturated rings. The molecule has 8 rings (SSSR count). The molecule has 3 unspecified atom stereocenters. The average molecular weight is 664 g/mol. The van der Waals surface area contributed by atoms with Gasteiger partial charge in [-0.3, -0.25) is 4.90 Å². The van der Waals surface area contributed by atoms with E-state index in [9.17, 15) is 18.3 Å². The molecular formula is C35H30ClF4N5O2. The SMILES string of the molecule is C#Cc1c(F)ccc2cc(O)cc(-c3c(Cl)cc4c(N5CC6CCC(C5)N6)nc(OCC56CCCN5CC(=C(F)F)C6)nc4c3F)c12. The van der Waals surface area contributed by atoms with E-state index >= 15 is 4.39 Å². The number of phenols is 1. The molecule has 3 atom stereocenters. The number of benzene rings is 3. The number of ether oxygens (including phenoxy) is 1. The van der Waals surface area contributed by atoms with Gasteiger partial charge in [0.2, 0.25) is 0 Å². The maximum absolute atomic E-state index is 17.0. The summed E-state index contributed by atoms with van der Waals surface area (Å²) in [5.74, 6) is 1.14. The van der Waals surface area contributed by atoms with Crippen LogP contribution in [0.2, 0.25) is 5.02 Å². The normalized spacial score (nSPS) is 23.9. The maximum atomic E-state index is 17.0. The number of hydrogen-bond acceptors (Lipinski definition) is 7. The van der Waals surface area contributed by atoms with Gasteiger partial charge in [-0.05, 0) is 73.9 Å². The number of aromatic nitrogens is 2. The zero-order chi connectivity index (χ0) is 32.6. The lowest BCUT2D eigenvalue weighted by Gasteiger charge is -2.34. The number of hydrogen-bond donors (Lipinski definition) is 2. The summed E-state index contributed by atoms with van der Waals surface area (Å²) in [6.45, 7) is 2.20. The fraction of sp³-hybridized carbons (Fsp3) is 0.371. The lowest BCUT2D eigenvalue weighted by molar-refractivity contribution is 0.108. The highest BCUT2D eigenvalue weighted by molar-refractivity contribution is 6.35. The summed E-state index contributed by atoms with van der Waals surface area (Å²) in [5.41, 5.74) is -0.678. The van der Waals surface area contributed by atoms with Gasteiger partial charge in [0.25, 0.3) is 6.08 Å². The lowest BCUT2D eigenvalue weighted by Crippen LogP contribution is -2.51. The van der Waals surface area contributed by atoms with Crippen molar-refractivity contribution < 1.29 is 27.4 Å². The van der Waals surface area contributed by atoms with E-state index in [2.05, 4.69) is 21.1 Å². The molecule has 12 heteroatoms. The Morgan fingerprint density at radius 3 is 2.68 bits per heavy atom. The molecule has 4 aliphatic rings. The number of phenolic OH excluding ortho intramolecular Hbond substituents is 1. The summed E-state index contributed by atoms with van der Waals surface area (Å²) in [7, 11) is 0. The van der Waals surface area contributed by atoms with Gasteiger partial charge < -0.3 is 20.1 Å². The molecule has 3 aromatic carbocycles. The fourth-order valence-electron chi connectivity index (χ4n) is 8.11. The minimum Gasteiger partial charge on any atom is -0.508 e. The van der Waals surface area contributed by atoms with Crippen LogP contribution in [0.15, 0.2) is 42.0 Å². The van der Waals surface area contributed by atoms with Gasteiger partial charge in [0, 0.05) is 53.6 Å². The standard InChI is InChI=1S/C35H30ClF4N5O2/c1-2-23-27(37)7-4-18-10-22(46)11-24(28(18)23)29-26(36)12-25-31(30(29)38)42-34(43-33(25)44-15-20-5-6-21(16-44)41-20)47-17-35-8-3-9-45(35)14-19(13-35)32(39)40/h1,4,7,10-12,20-21,41,46H,3,5-6,8-9,13-17H2. The monoisotopic (exact) mass is 663 g/mol. The Morgan fingerprint density at radius 1 is 1.15 bits per heavy atom. The third-order valence-corrected chi connectivity index (χ3v) is 10.5. The minimum absolute atomic E-state index is 0.00441. The molecule has 4 saturated heterocycles. The van der Waals surface area contributed by atoms with Gasteiger partial charge in [0.1, 0.15) is 29.5 Å². The average Bonchev–Trinajstić information content (AvgIpc) is 3.71. The second-order valence-electron chi connectivity index (χ2n) is 13.1. The first-order chi connectivity index (χ1) is 22.6. The van der Waals surface area contributed by atoms with Crippen LogP contribution in [0.4, 0.5) is 23.4 Å². The largest absolute Gasteiger partial charge is 0.508 e. The van der Waals surface area contributed by atoms with Crippen LogP contribution in [0.25, 0.3) is 32.8 Å². The van der Waals surface area contributed by atoms with Crippen molar-refractivity contribution >= 4 is 39.1 Å². The van der Waals surface area contributed by atoms with Crippen molar-refractivity contribution in [3.8, 4) is 35.2 Å². The second kappa shape index (κ2) is 11.3. The number of piperazine rings is 1. The molecule has 1 aromatic heterocycles. The third-order valence-electron chi connectivity index (χ3n) is 10.2. The van der Waals surface area contributed by atoms with Gasteiger partial charge in [-0.1, -0.05) is 23.6 Å². The van der Waals surface area contributed by atoms with Crippen molar-refractivity contribution in [2.24, 2.45) is 0 Å². The van der Waals surface area contributed by atoms with Crippen LogP contribution in [-0.4, -0.2) is 70.4 Å². The molecule has 2 N–H and O–H groups in total. The van der Waals surface area contributed by atoms with Crippen molar-refractivity contribution in [3.63, 3.8) is 0 Å². The number of rotatable bonds is 5. The van der Waals surface area contributed by atoms with Gasteiger partial charge in [-0.15, -0.1) is 6.42 Å². The van der Waals surface area contributed by atoms with Gasteiger partial charge in [0.15, 0.2) is 5.82 Å². The summed E-state index contributed by atoms with van der Waals surface area (Å²) in [5, 5.41) is 15.2. The molecular weight excluding hydrogens is 634 g/mol. The number of halogens is 5. The van der Waals surface area contributed by atoms with Crippen LogP contribution in [-0.2, 0) is 0 Å². The Hall–Kier alpha value is -4.11. The minimum atomic E-state index is -1.66. The van der Waals surface area contributed by atoms with Crippen LogP contribution < -0.4 is 15.0 Å². The fourth-order valence-corrected chi connectivity index (χ4v) is 8.40. The first-order valence-corrected chi connectivity index (χ1v) is 16.1. The Kier molecular flexibility index (Phi) is 7.24. The third kappa shape index (κ3) is 4.96. The molecule has 0 radical (unpaired) electrons. The number of nitrogens with zero attached hydrogens (tertiary/aromatic N) is 4. The van der Waals surface area contributed by atoms with Gasteiger partial charge in [-0.2, -0.15) is 18.7 Å². The molecule has 242 valence electrons. The number of terminal acetylenes is 1. The zero-order valence-electron chi connectivity index (χ0n) is 25.2. The predicted octanol–water partition coefficient (Wildman–Crippen LogP) is 6.78. The summed E-state index contributed by atoms with van der Waals surface area (Å²) < 4.78 is 65.3. The maximum Gasteiger partial charge on any atom is 0.319 e. The molecule has 7 nitrogen and oxygen atoms in total. The van der Waals surface area contributed by atoms with E-state index in [0.29, 0.717) is 42.6 Å². The van der Waals surface area contributed by atoms with E-state index in [-0.39, 0.29) is 81.6 Å². The summed E-state index contributed by atoms with van der Waals surface area (Å²) in [6.07, 6.45) is 7.76. The van der Waals surface area contributed by atoms with Crippen molar-refractivity contribution in [2.75, 3.05) is 37.7 Å². The van der Waals surface area contributed by atoms with E-state index < -0.39 is 23.3 Å². The molecule has 4 aromatic rings. The van der Waals surface area contributed by atoms with Crippen LogP contribution in [0.3, 0.4) is 0 Å². The molecule has 5 heterocycles. The van der Waals surface area contributed by atoms with Gasteiger partial charge >= 0.3 is 6.01 Å².